The zero-order valence-electron chi connectivity index (χ0n) is 78.6. The Labute approximate surface area is 801 Å². The van der Waals surface area contributed by atoms with Crippen molar-refractivity contribution in [2.75, 3.05) is 85.2 Å². The van der Waals surface area contributed by atoms with Crippen LogP contribution in [0, 0.1) is 47.3 Å². The average Bonchev–Trinajstić information content (AvgIpc) is 1.61. The first kappa shape index (κ1) is 106. The molecule has 0 bridgehead atoms. The number of aliphatic hydroxyl groups excluding tert-OH is 1. The van der Waals surface area contributed by atoms with Gasteiger partial charge in [0, 0.05) is 117 Å². The predicted molar refractivity (Wildman–Crippen MR) is 514 cm³/mol. The molecule has 34 nitrogen and oxygen atoms in total. The lowest BCUT2D eigenvalue weighted by molar-refractivity contribution is -0.144. The molecule has 19 atom stereocenters. The lowest BCUT2D eigenvalue weighted by atomic mass is 9.88. The van der Waals surface area contributed by atoms with Crippen LogP contribution in [0.15, 0.2) is 140 Å². The van der Waals surface area contributed by atoms with Crippen LogP contribution in [-0.2, 0) is 62.3 Å². The van der Waals surface area contributed by atoms with Gasteiger partial charge in [0.05, 0.1) is 72.3 Å². The zero-order chi connectivity index (χ0) is 98.0. The number of likely N-dealkylation sites (tertiary alicyclic amines) is 2. The van der Waals surface area contributed by atoms with Gasteiger partial charge in [-0.2, -0.15) is 0 Å². The van der Waals surface area contributed by atoms with Crippen LogP contribution < -0.4 is 81.7 Å². The number of amides is 10. The monoisotopic (exact) mass is 1890 g/mol. The SMILES string of the molecule is NCCCC[C@H](CC(=O)[C@H](CCCCN)NC(=O)[C@H](CCCCN)CC(=O)[C@H](CCCCN)NC(=O)[C@H](CCCCN)CC(=O)[C@H](CCCCN)NC(=O)[C@H](CO)CC(=O)CNC(=O)COc1cc(C(=O)N2C[C@@H](C(=O)N[C@H]3C[C@@H]3c3ccccc3)[C@H](C(=O)N[C@H]3C[C@@H]3c3ccccc3)C2)ccc1C(=O)N1C[C@@H](C(=O)N[C@H]2C[C@@H]2c2ccccc2)[C@H](C(=O)N[C@H]2C[C@@H]2c2ccccc2)C1)C(=O)O. The first-order chi connectivity index (χ1) is 66.3. The van der Waals surface area contributed by atoms with E-state index in [-0.39, 0.29) is 168 Å². The predicted octanol–water partition coefficient (Wildman–Crippen LogP) is 4.85. The van der Waals surface area contributed by atoms with Gasteiger partial charge >= 0.3 is 5.97 Å². The highest BCUT2D eigenvalue weighted by atomic mass is 16.5. The van der Waals surface area contributed by atoms with Gasteiger partial charge in [-0.3, -0.25) is 71.9 Å². The normalized spacial score (nSPS) is 22.0. The lowest BCUT2D eigenvalue weighted by Gasteiger charge is -2.26. The van der Waals surface area contributed by atoms with Crippen LogP contribution >= 0.6 is 0 Å². The zero-order valence-corrected chi connectivity index (χ0v) is 78.6. The molecule has 0 radical (unpaired) electrons. The number of carboxylic acid groups (broad SMARTS) is 1. The van der Waals surface area contributed by atoms with Gasteiger partial charge in [0.1, 0.15) is 5.75 Å². The van der Waals surface area contributed by atoms with Gasteiger partial charge < -0.3 is 102 Å². The van der Waals surface area contributed by atoms with Crippen LogP contribution in [0.2, 0.25) is 0 Å². The first-order valence-electron chi connectivity index (χ1n) is 49.4. The van der Waals surface area contributed by atoms with E-state index in [1.54, 1.807) is 0 Å². The van der Waals surface area contributed by atoms with Crippen LogP contribution in [0.25, 0.3) is 0 Å². The molecule has 6 fully saturated rings. The number of nitrogens with one attached hydrogen (secondary N) is 8. The number of carboxylic acids is 1. The molecule has 6 aliphatic rings. The van der Waals surface area contributed by atoms with Crippen molar-refractivity contribution in [3.05, 3.63) is 173 Å². The Morgan fingerprint density at radius 2 is 0.672 bits per heavy atom. The van der Waals surface area contributed by atoms with E-state index in [0.717, 1.165) is 22.3 Å². The van der Waals surface area contributed by atoms with Gasteiger partial charge in [-0.1, -0.05) is 141 Å². The van der Waals surface area contributed by atoms with E-state index in [1.807, 2.05) is 121 Å². The highest BCUT2D eigenvalue weighted by Crippen LogP contribution is 2.46. The number of carbonyl (C=O) groups excluding carboxylic acids is 14. The summed E-state index contributed by atoms with van der Waals surface area (Å²) < 4.78 is 6.24. The summed E-state index contributed by atoms with van der Waals surface area (Å²) in [7, 11) is 0. The molecule has 2 aliphatic heterocycles. The van der Waals surface area contributed by atoms with Gasteiger partial charge in [-0.25, -0.2) is 0 Å². The van der Waals surface area contributed by atoms with Gasteiger partial charge in [-0.15, -0.1) is 0 Å². The van der Waals surface area contributed by atoms with Crippen molar-refractivity contribution in [1.29, 1.82) is 0 Å². The minimum atomic E-state index is -1.48. The minimum Gasteiger partial charge on any atom is -0.483 e. The second-order valence-electron chi connectivity index (χ2n) is 38.0. The fraction of sp³-hybridized carbons (Fsp3) is 0.563. The molecule has 5 aromatic carbocycles. The number of nitrogens with zero attached hydrogens (tertiary/aromatic N) is 2. The van der Waals surface area contributed by atoms with Gasteiger partial charge in [0.25, 0.3) is 17.7 Å². The molecular weight excluding hydrogens is 1750 g/mol. The van der Waals surface area contributed by atoms with E-state index in [0.29, 0.717) is 116 Å². The van der Waals surface area contributed by atoms with E-state index in [4.69, 9.17) is 39.1 Å². The number of hydrogen-bond donors (Lipinski definition) is 16. The highest BCUT2D eigenvalue weighted by Gasteiger charge is 2.52. The number of ketones is 4. The summed E-state index contributed by atoms with van der Waals surface area (Å²) in [6, 6.07) is 38.5. The maximum Gasteiger partial charge on any atom is 0.306 e. The molecule has 2 heterocycles. The number of carbonyl (C=O) groups is 15. The Hall–Kier alpha value is -11.5. The summed E-state index contributed by atoms with van der Waals surface area (Å²) in [5.74, 6) is -18.3. The Bertz CT molecular complexity index is 4750. The van der Waals surface area contributed by atoms with Crippen molar-refractivity contribution in [2.45, 2.75) is 233 Å². The van der Waals surface area contributed by atoms with Crippen LogP contribution in [0.3, 0.4) is 0 Å². The van der Waals surface area contributed by atoms with E-state index in [1.165, 1.54) is 28.0 Å². The quantitative estimate of drug-likeness (QED) is 0.0231. The minimum absolute atomic E-state index is 0.0252. The van der Waals surface area contributed by atoms with Gasteiger partial charge in [-0.05, 0) is 202 Å². The number of unbranched alkanes of at least 4 members (excludes halogenated alkanes) is 6. The Morgan fingerprint density at radius 3 is 0.993 bits per heavy atom. The summed E-state index contributed by atoms with van der Waals surface area (Å²) in [6.45, 7) is -1.62. The Morgan fingerprint density at radius 1 is 0.365 bits per heavy atom. The molecule has 0 spiro atoms. The molecule has 0 unspecified atom stereocenters. The van der Waals surface area contributed by atoms with Crippen LogP contribution in [0.4, 0.5) is 0 Å². The molecule has 4 saturated carbocycles. The second-order valence-corrected chi connectivity index (χ2v) is 38.0. The summed E-state index contributed by atoms with van der Waals surface area (Å²) >= 11 is 0. The maximum absolute atomic E-state index is 15.5. The number of hydrogen-bond acceptors (Lipinski definition) is 23. The standard InChI is InChI=1S/C103H142N16O18/c104-41-19-13-33-67(95(127)112-84(38-18-24-46-109)91(124)50-70(103(135)136)35-15-21-43-106)48-89(122)82(36-16-22-44-107)111-94(126)68(34-14-20-42-105)49-90(123)83(37-17-23-45-108)113-96(128)71(61-120)47-72(121)56-110-93(125)62-137-92-51-69(101(133)118-57-78(97(129)114-85-52-74(85)63-25-5-1-6-26-63)79(58-118)98(130)115-86-53-75(86)64-27-7-2-8-28-64)39-40-73(92)102(134)119-59-80(99(131)116-87-54-76(87)65-29-9-3-10-30-65)81(60-119)100(132)117-88-55-77(88)66-31-11-4-12-32-66/h1-12,25-32,39-40,51,67-68,70-71,74-88,120H,13-24,33-38,41-50,52-62,104-109H2,(H,110,125)(H,111,126)(H,112,127)(H,113,128)(H,114,129)(H,115,130)(H,116,131)(H,117,132)(H,135,136)/t67-,68-,70-,71+,74-,75-,76-,77-,78-,79-,80-,81-,82+,83+,84+,85+,86+,87+,88+/m1/s1. The van der Waals surface area contributed by atoms with E-state index in [9.17, 15) is 72.5 Å². The molecule has 11 rings (SSSR count). The smallest absolute Gasteiger partial charge is 0.306 e. The van der Waals surface area contributed by atoms with Crippen molar-refractivity contribution in [3.63, 3.8) is 0 Å². The number of rotatable bonds is 62. The van der Waals surface area contributed by atoms with Gasteiger partial charge in [0.15, 0.2) is 29.7 Å². The third kappa shape index (κ3) is 31.5. The fourth-order valence-corrected chi connectivity index (χ4v) is 19.1. The molecule has 34 heteroatoms. The van der Waals surface area contributed by atoms with Crippen molar-refractivity contribution in [1.82, 2.24) is 52.3 Å². The fourth-order valence-electron chi connectivity index (χ4n) is 19.1. The van der Waals surface area contributed by atoms with E-state index >= 15 is 9.59 Å². The third-order valence-corrected chi connectivity index (χ3v) is 27.7. The average molecular weight is 1890 g/mol. The molecule has 0 aromatic heterocycles. The van der Waals surface area contributed by atoms with Crippen molar-refractivity contribution in [3.8, 4) is 5.75 Å². The summed E-state index contributed by atoms with van der Waals surface area (Å²) in [5, 5.41) is 44.4. The molecule has 10 amide bonds. The molecule has 742 valence electrons. The van der Waals surface area contributed by atoms with Crippen LogP contribution in [0.1, 0.15) is 234 Å². The number of ether oxygens (including phenoxy) is 1. The number of nitrogens with two attached hydrogens (primary N) is 6. The number of benzene rings is 5. The van der Waals surface area contributed by atoms with Crippen molar-refractivity contribution < 1.29 is 86.9 Å². The van der Waals surface area contributed by atoms with Gasteiger partial charge in [0.2, 0.25) is 41.4 Å². The van der Waals surface area contributed by atoms with Crippen molar-refractivity contribution in [2.24, 2.45) is 81.7 Å². The molecule has 22 N–H and O–H groups in total. The summed E-state index contributed by atoms with van der Waals surface area (Å²) in [4.78, 5) is 220. The van der Waals surface area contributed by atoms with Crippen LogP contribution in [-0.4, -0.2) is 236 Å². The van der Waals surface area contributed by atoms with E-state index in [2.05, 4.69) is 42.5 Å². The Balaban J connectivity index is 0.776. The number of aliphatic carboxylic acids is 1. The largest absolute Gasteiger partial charge is 0.483 e. The molecule has 2 saturated heterocycles. The molecule has 5 aromatic rings. The third-order valence-electron chi connectivity index (χ3n) is 27.7. The van der Waals surface area contributed by atoms with Crippen molar-refractivity contribution >= 4 is 88.2 Å². The number of aliphatic hydroxyl groups is 1. The lowest BCUT2D eigenvalue weighted by Crippen LogP contribution is -2.48. The summed E-state index contributed by atoms with van der Waals surface area (Å²) in [5.41, 5.74) is 39.1. The Kier molecular flexibility index (Phi) is 41.3. The second kappa shape index (κ2) is 53.4. The topological polar surface area (TPSA) is 565 Å². The summed E-state index contributed by atoms with van der Waals surface area (Å²) in [6.07, 6.45) is 7.03. The molecular formula is C103H142N16O18. The highest BCUT2D eigenvalue weighted by molar-refractivity contribution is 6.03. The first-order valence-corrected chi connectivity index (χ1v) is 49.4. The van der Waals surface area contributed by atoms with E-state index < -0.39 is 186 Å². The maximum atomic E-state index is 15.5. The number of Topliss-reactive ketones (excluding diaryl/α,β-unsaturated/α-hetero) is 4. The van der Waals surface area contributed by atoms with Crippen LogP contribution in [0.5, 0.6) is 5.75 Å². The molecule has 137 heavy (non-hydrogen) atoms. The molecule has 4 aliphatic carbocycles.